The molecule has 0 amide bonds. The van der Waals surface area contributed by atoms with Gasteiger partial charge in [-0.1, -0.05) is 0 Å². The summed E-state index contributed by atoms with van der Waals surface area (Å²) in [5.41, 5.74) is -1.61. The van der Waals surface area contributed by atoms with Crippen molar-refractivity contribution in [2.75, 3.05) is 0 Å². The zero-order valence-electron chi connectivity index (χ0n) is 9.98. The summed E-state index contributed by atoms with van der Waals surface area (Å²) in [6, 6.07) is 0. The van der Waals surface area contributed by atoms with Gasteiger partial charge in [-0.2, -0.15) is 0 Å². The maximum absolute atomic E-state index is 10.5. The van der Waals surface area contributed by atoms with Gasteiger partial charge < -0.3 is 19.8 Å². The lowest BCUT2D eigenvalue weighted by Gasteiger charge is -2.30. The second-order valence-electron chi connectivity index (χ2n) is 4.05. The van der Waals surface area contributed by atoms with Crippen LogP contribution in [0.1, 0.15) is 13.8 Å². The van der Waals surface area contributed by atoms with Crippen LogP contribution in [-0.2, 0) is 22.1 Å². The molecule has 3 atom stereocenters. The minimum Gasteiger partial charge on any atom is -0.750 e. The fraction of sp³-hybridized carbons (Fsp3) is 0.625. The molecule has 1 N–H and O–H groups in total. The van der Waals surface area contributed by atoms with E-state index in [-0.39, 0.29) is 11.8 Å². The largest absolute Gasteiger partial charge is 0.750 e. The zero-order valence-corrected chi connectivity index (χ0v) is 11.6. The summed E-state index contributed by atoms with van der Waals surface area (Å²) in [5, 5.41) is 20.4. The molecule has 19 heavy (non-hydrogen) atoms. The van der Waals surface area contributed by atoms with E-state index in [0.29, 0.717) is 0 Å². The van der Waals surface area contributed by atoms with Crippen LogP contribution in [-0.4, -0.2) is 40.0 Å². The molecule has 0 bridgehead atoms. The summed E-state index contributed by atoms with van der Waals surface area (Å²) in [6.45, 7) is 2.44. The molecule has 108 valence electrons. The summed E-state index contributed by atoms with van der Waals surface area (Å²) in [5.74, 6) is -0.471. The monoisotopic (exact) mass is 312 g/mol. The maximum atomic E-state index is 10.5. The molecular formula is C8H11ClN3O6S-. The minimum absolute atomic E-state index is 0.192. The number of halogens is 1. The van der Waals surface area contributed by atoms with Crippen LogP contribution >= 0.6 is 11.6 Å². The van der Waals surface area contributed by atoms with E-state index >= 15 is 0 Å². The van der Waals surface area contributed by atoms with E-state index in [1.807, 2.05) is 0 Å². The molecule has 1 rings (SSSR count). The maximum Gasteiger partial charge on any atom is 0.383 e. The second kappa shape index (κ2) is 5.92. The fourth-order valence-electron chi connectivity index (χ4n) is 1.27. The third-order valence-electron chi connectivity index (χ3n) is 2.49. The van der Waals surface area contributed by atoms with Gasteiger partial charge in [0, 0.05) is 0 Å². The van der Waals surface area contributed by atoms with Crippen LogP contribution in [0.4, 0.5) is 5.82 Å². The van der Waals surface area contributed by atoms with Gasteiger partial charge in [0.1, 0.15) is 17.9 Å². The topological polar surface area (TPSA) is 131 Å². The van der Waals surface area contributed by atoms with Crippen LogP contribution in [0.5, 0.6) is 0 Å². The van der Waals surface area contributed by atoms with Crippen molar-refractivity contribution in [2.45, 2.75) is 32.1 Å². The van der Waals surface area contributed by atoms with Crippen LogP contribution < -0.4 is 0 Å². The Labute approximate surface area is 115 Å². The number of nitrogens with zero attached hydrogens (tertiary/aromatic N) is 3. The van der Waals surface area contributed by atoms with Gasteiger partial charge in [-0.15, -0.1) is 0 Å². The lowest BCUT2D eigenvalue weighted by atomic mass is 10.0. The Morgan fingerprint density at radius 2 is 2.37 bits per heavy atom. The lowest BCUT2D eigenvalue weighted by Crippen LogP contribution is -2.43. The van der Waals surface area contributed by atoms with Crippen molar-refractivity contribution < 1.29 is 23.0 Å². The Hall–Kier alpha value is -1.07. The Bertz CT molecular complexity index is 505. The summed E-state index contributed by atoms with van der Waals surface area (Å²) in [4.78, 5) is 13.3. The normalized spacial score (nSPS) is 17.7. The number of hydrogen-bond donors (Lipinski definition) is 1. The number of aliphatic hydroxyl groups is 1. The van der Waals surface area contributed by atoms with Crippen molar-refractivity contribution in [3.05, 3.63) is 21.6 Å². The van der Waals surface area contributed by atoms with Crippen LogP contribution in [0.2, 0.25) is 5.28 Å². The quantitative estimate of drug-likeness (QED) is 0.456. The minimum atomic E-state index is -2.78. The molecule has 3 unspecified atom stereocenters. The molecule has 0 saturated carbocycles. The average molecular weight is 313 g/mol. The van der Waals surface area contributed by atoms with Gasteiger partial charge in [0.2, 0.25) is 0 Å². The van der Waals surface area contributed by atoms with E-state index in [2.05, 4.69) is 9.17 Å². The molecule has 0 aliphatic carbocycles. The van der Waals surface area contributed by atoms with E-state index < -0.39 is 33.8 Å². The van der Waals surface area contributed by atoms with Gasteiger partial charge in [-0.25, -0.2) is 4.21 Å². The van der Waals surface area contributed by atoms with Gasteiger partial charge in [0.05, 0.1) is 17.9 Å². The first-order valence-corrected chi connectivity index (χ1v) is 6.37. The first-order valence-electron chi connectivity index (χ1n) is 4.99. The zero-order chi connectivity index (χ0) is 14.8. The number of aromatic nitrogens is 2. The lowest BCUT2D eigenvalue weighted by molar-refractivity contribution is -0.389. The Morgan fingerprint density at radius 1 is 1.79 bits per heavy atom. The van der Waals surface area contributed by atoms with Crippen molar-refractivity contribution in [3.63, 3.8) is 0 Å². The van der Waals surface area contributed by atoms with Gasteiger partial charge in [0.25, 0.3) is 0 Å². The highest BCUT2D eigenvalue weighted by Gasteiger charge is 2.32. The highest BCUT2D eigenvalue weighted by molar-refractivity contribution is 7.74. The summed E-state index contributed by atoms with van der Waals surface area (Å²) in [7, 11) is 0. The molecule has 1 aromatic rings. The summed E-state index contributed by atoms with van der Waals surface area (Å²) in [6.07, 6.45) is -0.0270. The van der Waals surface area contributed by atoms with E-state index in [1.54, 1.807) is 0 Å². The van der Waals surface area contributed by atoms with E-state index in [0.717, 1.165) is 10.8 Å². The molecule has 9 nitrogen and oxygen atoms in total. The average Bonchev–Trinajstić information content (AvgIpc) is 2.58. The number of nitro groups is 1. The first-order chi connectivity index (χ1) is 8.63. The van der Waals surface area contributed by atoms with Crippen molar-refractivity contribution in [2.24, 2.45) is 0 Å². The number of hydrogen-bond acceptors (Lipinski definition) is 7. The van der Waals surface area contributed by atoms with Crippen LogP contribution in [0.15, 0.2) is 6.20 Å². The highest BCUT2D eigenvalue weighted by atomic mass is 35.5. The predicted octanol–water partition coefficient (Wildman–Crippen LogP) is 0.395. The molecule has 0 aliphatic rings. The fourth-order valence-corrected chi connectivity index (χ4v) is 1.91. The van der Waals surface area contributed by atoms with Crippen molar-refractivity contribution in [1.29, 1.82) is 0 Å². The molecule has 1 aromatic heterocycles. The van der Waals surface area contributed by atoms with Crippen LogP contribution in [0, 0.1) is 10.1 Å². The Kier molecular flexibility index (Phi) is 4.98. The second-order valence-corrected chi connectivity index (χ2v) is 4.99. The van der Waals surface area contributed by atoms with E-state index in [1.165, 1.54) is 13.8 Å². The molecule has 1 heterocycles. The smallest absolute Gasteiger partial charge is 0.383 e. The standard InChI is InChI=1S/C8H12ClN3O6S/c1-5(18-19(16)17)8(2,13)4-11-3-6(12(14)15)10-7(11)9/h3,5,13H,4H2,1-2H3,(H,16,17)/p-1. The summed E-state index contributed by atoms with van der Waals surface area (Å²) < 4.78 is 26.4. The van der Waals surface area contributed by atoms with Crippen molar-refractivity contribution >= 4 is 28.8 Å². The molecule has 0 fully saturated rings. The SMILES string of the molecule is CC(OS(=O)[O-])C(C)(O)Cn1cc([N+](=O)[O-])nc1Cl. The van der Waals surface area contributed by atoms with Gasteiger partial charge in [-0.3, -0.25) is 8.75 Å². The third kappa shape index (κ3) is 4.21. The van der Waals surface area contributed by atoms with Crippen LogP contribution in [0.3, 0.4) is 0 Å². The van der Waals surface area contributed by atoms with Gasteiger partial charge in [-0.05, 0) is 35.4 Å². The highest BCUT2D eigenvalue weighted by Crippen LogP contribution is 2.22. The first kappa shape index (κ1) is 16.0. The Balaban J connectivity index is 2.88. The molecule has 11 heteroatoms. The van der Waals surface area contributed by atoms with Gasteiger partial charge >= 0.3 is 11.1 Å². The van der Waals surface area contributed by atoms with Crippen LogP contribution in [0.25, 0.3) is 0 Å². The molecule has 0 saturated heterocycles. The molecular weight excluding hydrogens is 302 g/mol. The predicted molar refractivity (Wildman–Crippen MR) is 64.0 cm³/mol. The summed E-state index contributed by atoms with van der Waals surface area (Å²) >= 11 is 2.90. The molecule has 0 radical (unpaired) electrons. The Morgan fingerprint density at radius 3 is 2.79 bits per heavy atom. The van der Waals surface area contributed by atoms with Gasteiger partial charge in [0.15, 0.2) is 0 Å². The molecule has 0 aliphatic heterocycles. The molecule has 0 aromatic carbocycles. The molecule has 0 spiro atoms. The number of rotatable bonds is 6. The van der Waals surface area contributed by atoms with E-state index in [4.69, 9.17) is 11.6 Å². The van der Waals surface area contributed by atoms with Crippen molar-refractivity contribution in [3.8, 4) is 0 Å². The van der Waals surface area contributed by atoms with E-state index in [9.17, 15) is 24.0 Å². The third-order valence-corrected chi connectivity index (χ3v) is 3.24. The van der Waals surface area contributed by atoms with Crippen molar-refractivity contribution in [1.82, 2.24) is 9.55 Å². The number of imidazole rings is 1.